The van der Waals surface area contributed by atoms with E-state index < -0.39 is 0 Å². The lowest BCUT2D eigenvalue weighted by Gasteiger charge is -2.13. The Labute approximate surface area is 144 Å². The second-order valence-corrected chi connectivity index (χ2v) is 5.80. The third-order valence-electron chi connectivity index (χ3n) is 4.03. The molecule has 1 fully saturated rings. The molecule has 1 atom stereocenters. The maximum absolute atomic E-state index is 9.21. The quantitative estimate of drug-likeness (QED) is 0.757. The average Bonchev–Trinajstić information content (AvgIpc) is 3.15. The molecule has 124 valence electrons. The van der Waals surface area contributed by atoms with E-state index in [1.54, 1.807) is 6.20 Å². The second-order valence-electron chi connectivity index (χ2n) is 5.80. The van der Waals surface area contributed by atoms with E-state index in [-0.39, 0.29) is 17.7 Å². The van der Waals surface area contributed by atoms with Crippen LogP contribution in [0.4, 0.5) is 11.6 Å². The van der Waals surface area contributed by atoms with Gasteiger partial charge in [-0.05, 0) is 24.4 Å². The molecule has 0 radical (unpaired) electrons. The summed E-state index contributed by atoms with van der Waals surface area (Å²) < 4.78 is 5.83. The Kier molecular flexibility index (Phi) is 4.11. The van der Waals surface area contributed by atoms with Crippen molar-refractivity contribution in [2.24, 2.45) is 0 Å². The molecule has 0 spiro atoms. The first-order valence-corrected chi connectivity index (χ1v) is 8.08. The fourth-order valence-corrected chi connectivity index (χ4v) is 2.76. The molecule has 0 amide bonds. The fraction of sp³-hybridized carbons (Fsp3) is 0.222. The van der Waals surface area contributed by atoms with E-state index in [0.717, 1.165) is 30.3 Å². The third kappa shape index (κ3) is 3.34. The number of hydrogen-bond donors (Lipinski definition) is 2. The highest BCUT2D eigenvalue weighted by Gasteiger charge is 2.19. The first-order valence-electron chi connectivity index (χ1n) is 8.08. The van der Waals surface area contributed by atoms with E-state index in [0.29, 0.717) is 11.6 Å². The SMILES string of the molecule is N#Cc1ncc(Nc2cc3ccccc3cn2)nc1OC1CCNC1. The van der Waals surface area contributed by atoms with Crippen LogP contribution in [-0.4, -0.2) is 34.1 Å². The molecule has 1 aromatic carbocycles. The Balaban J connectivity index is 1.59. The summed E-state index contributed by atoms with van der Waals surface area (Å²) in [6, 6.07) is 12.0. The van der Waals surface area contributed by atoms with Gasteiger partial charge >= 0.3 is 0 Å². The summed E-state index contributed by atoms with van der Waals surface area (Å²) in [6.45, 7) is 1.65. The van der Waals surface area contributed by atoms with Gasteiger partial charge in [-0.2, -0.15) is 10.2 Å². The van der Waals surface area contributed by atoms with Crippen LogP contribution in [0.2, 0.25) is 0 Å². The van der Waals surface area contributed by atoms with Crippen molar-refractivity contribution >= 4 is 22.4 Å². The number of anilines is 2. The summed E-state index contributed by atoms with van der Waals surface area (Å²) in [5.41, 5.74) is 0.184. The Morgan fingerprint density at radius 2 is 2.04 bits per heavy atom. The van der Waals surface area contributed by atoms with Crippen molar-refractivity contribution in [2.75, 3.05) is 18.4 Å². The summed E-state index contributed by atoms with van der Waals surface area (Å²) in [6.07, 6.45) is 4.21. The number of nitrogens with one attached hydrogen (secondary N) is 2. The number of nitriles is 1. The monoisotopic (exact) mass is 332 g/mol. The molecule has 1 saturated heterocycles. The number of fused-ring (bicyclic) bond motifs is 1. The maximum Gasteiger partial charge on any atom is 0.253 e. The van der Waals surface area contributed by atoms with Gasteiger partial charge in [0.25, 0.3) is 5.88 Å². The summed E-state index contributed by atoms with van der Waals surface area (Å²) in [4.78, 5) is 12.9. The van der Waals surface area contributed by atoms with E-state index >= 15 is 0 Å². The van der Waals surface area contributed by atoms with Crippen molar-refractivity contribution in [2.45, 2.75) is 12.5 Å². The molecule has 25 heavy (non-hydrogen) atoms. The number of rotatable bonds is 4. The summed E-state index contributed by atoms with van der Waals surface area (Å²) in [7, 11) is 0. The molecule has 0 bridgehead atoms. The highest BCUT2D eigenvalue weighted by atomic mass is 16.5. The summed E-state index contributed by atoms with van der Waals surface area (Å²) in [5, 5.41) is 17.7. The molecule has 0 aliphatic carbocycles. The average molecular weight is 332 g/mol. The Hall–Kier alpha value is -3.24. The Morgan fingerprint density at radius 1 is 1.16 bits per heavy atom. The number of benzene rings is 1. The van der Waals surface area contributed by atoms with Crippen molar-refractivity contribution in [3.63, 3.8) is 0 Å². The molecule has 2 aromatic heterocycles. The van der Waals surface area contributed by atoms with Gasteiger partial charge in [0.15, 0.2) is 5.82 Å². The van der Waals surface area contributed by atoms with Gasteiger partial charge in [0.05, 0.1) is 6.20 Å². The lowest BCUT2D eigenvalue weighted by Crippen LogP contribution is -2.21. The van der Waals surface area contributed by atoms with Crippen LogP contribution in [0.3, 0.4) is 0 Å². The van der Waals surface area contributed by atoms with Crippen LogP contribution in [-0.2, 0) is 0 Å². The molecule has 0 saturated carbocycles. The predicted molar refractivity (Wildman–Crippen MR) is 93.7 cm³/mol. The van der Waals surface area contributed by atoms with Crippen LogP contribution in [0.25, 0.3) is 10.8 Å². The molecule has 7 heteroatoms. The minimum atomic E-state index is 0.00967. The highest BCUT2D eigenvalue weighted by Crippen LogP contribution is 2.22. The number of hydrogen-bond acceptors (Lipinski definition) is 7. The number of pyridine rings is 1. The zero-order chi connectivity index (χ0) is 17.1. The second kappa shape index (κ2) is 6.71. The smallest absolute Gasteiger partial charge is 0.253 e. The van der Waals surface area contributed by atoms with E-state index in [9.17, 15) is 5.26 Å². The molecule has 1 unspecified atom stereocenters. The molecule has 3 heterocycles. The van der Waals surface area contributed by atoms with Gasteiger partial charge in [-0.25, -0.2) is 9.97 Å². The van der Waals surface area contributed by atoms with Gasteiger partial charge in [0.1, 0.15) is 18.0 Å². The van der Waals surface area contributed by atoms with Crippen molar-refractivity contribution < 1.29 is 4.74 Å². The van der Waals surface area contributed by atoms with Crippen molar-refractivity contribution in [3.8, 4) is 11.9 Å². The maximum atomic E-state index is 9.21. The first-order chi connectivity index (χ1) is 12.3. The van der Waals surface area contributed by atoms with E-state index in [1.165, 1.54) is 6.20 Å². The third-order valence-corrected chi connectivity index (χ3v) is 4.03. The minimum absolute atomic E-state index is 0.00967. The summed E-state index contributed by atoms with van der Waals surface area (Å²) in [5.74, 6) is 1.40. The zero-order valence-electron chi connectivity index (χ0n) is 13.4. The van der Waals surface area contributed by atoms with Gasteiger partial charge in [0.2, 0.25) is 5.69 Å². The Morgan fingerprint density at radius 3 is 2.84 bits per heavy atom. The number of aromatic nitrogens is 3. The van der Waals surface area contributed by atoms with Crippen LogP contribution in [0.1, 0.15) is 12.1 Å². The van der Waals surface area contributed by atoms with Crippen LogP contribution in [0, 0.1) is 11.3 Å². The van der Waals surface area contributed by atoms with E-state index in [1.807, 2.05) is 36.4 Å². The molecule has 3 aromatic rings. The van der Waals surface area contributed by atoms with Gasteiger partial charge in [-0.15, -0.1) is 0 Å². The predicted octanol–water partition coefficient (Wildman–Crippen LogP) is 2.38. The molecule has 1 aliphatic rings. The van der Waals surface area contributed by atoms with Crippen LogP contribution >= 0.6 is 0 Å². The topological polar surface area (TPSA) is 95.8 Å². The molecular weight excluding hydrogens is 316 g/mol. The van der Waals surface area contributed by atoms with Gasteiger partial charge < -0.3 is 15.4 Å². The van der Waals surface area contributed by atoms with Crippen LogP contribution in [0.5, 0.6) is 5.88 Å². The first kappa shape index (κ1) is 15.3. The largest absolute Gasteiger partial charge is 0.471 e. The van der Waals surface area contributed by atoms with E-state index in [4.69, 9.17) is 4.74 Å². The molecule has 2 N–H and O–H groups in total. The number of ether oxygens (including phenoxy) is 1. The van der Waals surface area contributed by atoms with Crippen molar-refractivity contribution in [3.05, 3.63) is 48.4 Å². The van der Waals surface area contributed by atoms with Gasteiger partial charge in [-0.3, -0.25) is 0 Å². The standard InChI is InChI=1S/C18H16N6O/c19-8-15-18(25-14-5-6-20-10-14)24-17(11-21-15)23-16-7-12-3-1-2-4-13(12)9-22-16/h1-4,7,9,11,14,20H,5-6,10H2,(H,22,23,24). The Bertz CT molecular complexity index is 946. The van der Waals surface area contributed by atoms with Gasteiger partial charge in [-0.1, -0.05) is 24.3 Å². The minimum Gasteiger partial charge on any atom is -0.471 e. The molecule has 1 aliphatic heterocycles. The van der Waals surface area contributed by atoms with Gasteiger partial charge in [0, 0.05) is 18.1 Å². The van der Waals surface area contributed by atoms with E-state index in [2.05, 4.69) is 25.6 Å². The van der Waals surface area contributed by atoms with Crippen molar-refractivity contribution in [1.82, 2.24) is 20.3 Å². The zero-order valence-corrected chi connectivity index (χ0v) is 13.4. The highest BCUT2D eigenvalue weighted by molar-refractivity contribution is 5.84. The summed E-state index contributed by atoms with van der Waals surface area (Å²) >= 11 is 0. The molecule has 7 nitrogen and oxygen atoms in total. The molecule has 4 rings (SSSR count). The normalized spacial score (nSPS) is 16.5. The van der Waals surface area contributed by atoms with Crippen molar-refractivity contribution in [1.29, 1.82) is 5.26 Å². The fourth-order valence-electron chi connectivity index (χ4n) is 2.76. The van der Waals surface area contributed by atoms with Crippen LogP contribution < -0.4 is 15.4 Å². The molecular formula is C18H16N6O. The number of nitrogens with zero attached hydrogens (tertiary/aromatic N) is 4. The van der Waals surface area contributed by atoms with Crippen LogP contribution in [0.15, 0.2) is 42.7 Å². The lowest BCUT2D eigenvalue weighted by molar-refractivity contribution is 0.212. The lowest BCUT2D eigenvalue weighted by atomic mass is 10.2.